The summed E-state index contributed by atoms with van der Waals surface area (Å²) in [6.07, 6.45) is 0. The minimum atomic E-state index is 0.0888. The Morgan fingerprint density at radius 2 is 1.72 bits per heavy atom. The summed E-state index contributed by atoms with van der Waals surface area (Å²) in [5.74, 6) is 2.30. The van der Waals surface area contributed by atoms with Gasteiger partial charge in [0.2, 0.25) is 0 Å². The Morgan fingerprint density at radius 1 is 0.931 bits per heavy atom. The van der Waals surface area contributed by atoms with Gasteiger partial charge in [-0.3, -0.25) is 4.79 Å². The molecule has 1 aromatic carbocycles. The van der Waals surface area contributed by atoms with E-state index in [1.165, 1.54) is 0 Å². The Morgan fingerprint density at radius 3 is 2.41 bits per heavy atom. The minimum Gasteiger partial charge on any atom is -0.352 e. The molecule has 1 saturated heterocycles. The van der Waals surface area contributed by atoms with Crippen molar-refractivity contribution >= 4 is 46.0 Å². The number of nitrogens with zero attached hydrogens (tertiary/aromatic N) is 5. The lowest BCUT2D eigenvalue weighted by Crippen LogP contribution is -2.49. The van der Waals surface area contributed by atoms with Crippen LogP contribution in [-0.4, -0.2) is 52.2 Å². The summed E-state index contributed by atoms with van der Waals surface area (Å²) in [4.78, 5) is 21.2. The lowest BCUT2D eigenvalue weighted by atomic mass is 10.2. The molecule has 0 bridgehead atoms. The number of anilines is 3. The Bertz CT molecular complexity index is 1000. The number of rotatable bonds is 4. The van der Waals surface area contributed by atoms with E-state index < -0.39 is 0 Å². The van der Waals surface area contributed by atoms with Crippen LogP contribution in [0.4, 0.5) is 17.5 Å². The number of carbonyl (C=O) groups is 1. The van der Waals surface area contributed by atoms with E-state index in [4.69, 9.17) is 0 Å². The lowest BCUT2D eigenvalue weighted by molar-refractivity contribution is 0.0745. The van der Waals surface area contributed by atoms with Crippen LogP contribution in [0.25, 0.3) is 0 Å². The molecule has 7 nitrogen and oxygen atoms in total. The summed E-state index contributed by atoms with van der Waals surface area (Å²) < 4.78 is 0.981. The molecule has 1 aliphatic rings. The predicted molar refractivity (Wildman–Crippen MR) is 122 cm³/mol. The van der Waals surface area contributed by atoms with Crippen molar-refractivity contribution < 1.29 is 4.79 Å². The fourth-order valence-electron chi connectivity index (χ4n) is 3.25. The molecule has 2 aromatic heterocycles. The van der Waals surface area contributed by atoms with Gasteiger partial charge in [0, 0.05) is 35.4 Å². The fraction of sp³-hybridized carbons (Fsp3) is 0.238. The van der Waals surface area contributed by atoms with Crippen LogP contribution in [0.5, 0.6) is 0 Å². The smallest absolute Gasteiger partial charge is 0.255 e. The third-order valence-electron chi connectivity index (χ3n) is 4.79. The Labute approximate surface area is 183 Å². The van der Waals surface area contributed by atoms with Crippen molar-refractivity contribution in [3.8, 4) is 0 Å². The van der Waals surface area contributed by atoms with Gasteiger partial charge in [-0.2, -0.15) is 0 Å². The second kappa shape index (κ2) is 8.73. The molecule has 3 heterocycles. The van der Waals surface area contributed by atoms with E-state index in [0.717, 1.165) is 39.6 Å². The first-order chi connectivity index (χ1) is 14.1. The summed E-state index contributed by atoms with van der Waals surface area (Å²) in [7, 11) is 0. The first-order valence-corrected chi connectivity index (χ1v) is 10.5. The third kappa shape index (κ3) is 4.64. The van der Waals surface area contributed by atoms with E-state index >= 15 is 0 Å². The van der Waals surface area contributed by atoms with Gasteiger partial charge in [-0.15, -0.1) is 10.2 Å². The summed E-state index contributed by atoms with van der Waals surface area (Å²) >= 11 is 2.21. The lowest BCUT2D eigenvalue weighted by Gasteiger charge is -2.35. The molecule has 1 amide bonds. The molecule has 1 aliphatic heterocycles. The van der Waals surface area contributed by atoms with Crippen LogP contribution in [0, 0.1) is 10.5 Å². The molecule has 8 heteroatoms. The summed E-state index contributed by atoms with van der Waals surface area (Å²) in [6, 6.07) is 17.3. The van der Waals surface area contributed by atoms with Crippen molar-refractivity contribution in [2.75, 3.05) is 36.4 Å². The standard InChI is InChI=1S/C21H21IN6O/c1-15-5-4-8-18(23-15)24-19-9-10-20(26-25-19)27-11-13-28(14-12-27)21(29)16-6-2-3-7-17(16)22/h2-10H,11-14H2,1H3,(H,23,24,25). The van der Waals surface area contributed by atoms with E-state index in [9.17, 15) is 4.79 Å². The highest BCUT2D eigenvalue weighted by Crippen LogP contribution is 2.19. The highest BCUT2D eigenvalue weighted by Gasteiger charge is 2.24. The summed E-state index contributed by atoms with van der Waals surface area (Å²) in [5, 5.41) is 11.8. The van der Waals surface area contributed by atoms with Gasteiger partial charge in [0.05, 0.1) is 5.56 Å². The molecule has 1 N–H and O–H groups in total. The van der Waals surface area contributed by atoms with Crippen molar-refractivity contribution in [3.63, 3.8) is 0 Å². The summed E-state index contributed by atoms with van der Waals surface area (Å²) in [6.45, 7) is 4.74. The fourth-order valence-corrected chi connectivity index (χ4v) is 3.87. The molecule has 0 radical (unpaired) electrons. The Kier molecular flexibility index (Phi) is 5.89. The number of nitrogens with one attached hydrogen (secondary N) is 1. The zero-order valence-electron chi connectivity index (χ0n) is 16.0. The third-order valence-corrected chi connectivity index (χ3v) is 5.73. The van der Waals surface area contributed by atoms with Crippen LogP contribution in [-0.2, 0) is 0 Å². The van der Waals surface area contributed by atoms with E-state index in [1.54, 1.807) is 0 Å². The van der Waals surface area contributed by atoms with Gasteiger partial charge in [0.25, 0.3) is 5.91 Å². The number of amides is 1. The number of carbonyl (C=O) groups excluding carboxylic acids is 1. The quantitative estimate of drug-likeness (QED) is 0.553. The van der Waals surface area contributed by atoms with Crippen LogP contribution in [0.15, 0.2) is 54.6 Å². The average Bonchev–Trinajstić information content (AvgIpc) is 2.74. The van der Waals surface area contributed by atoms with Gasteiger partial charge in [-0.05, 0) is 65.9 Å². The number of piperazine rings is 1. The molecule has 0 spiro atoms. The van der Waals surface area contributed by atoms with Crippen molar-refractivity contribution in [1.29, 1.82) is 0 Å². The number of aryl methyl sites for hydroxylation is 1. The highest BCUT2D eigenvalue weighted by atomic mass is 127. The molecular formula is C21H21IN6O. The molecule has 29 heavy (non-hydrogen) atoms. The molecule has 4 rings (SSSR count). The van der Waals surface area contributed by atoms with Crippen LogP contribution in [0.1, 0.15) is 16.1 Å². The number of pyridine rings is 1. The van der Waals surface area contributed by atoms with Crippen molar-refractivity contribution in [1.82, 2.24) is 20.1 Å². The second-order valence-corrected chi connectivity index (χ2v) is 7.99. The van der Waals surface area contributed by atoms with Crippen molar-refractivity contribution in [3.05, 3.63) is 69.4 Å². The molecular weight excluding hydrogens is 479 g/mol. The van der Waals surface area contributed by atoms with Gasteiger partial charge in [0.15, 0.2) is 11.6 Å². The SMILES string of the molecule is Cc1cccc(Nc2ccc(N3CCN(C(=O)c4ccccc4I)CC3)nn2)n1. The maximum Gasteiger partial charge on any atom is 0.255 e. The monoisotopic (exact) mass is 500 g/mol. The van der Waals surface area contributed by atoms with Crippen LogP contribution in [0.3, 0.4) is 0 Å². The zero-order chi connectivity index (χ0) is 20.2. The zero-order valence-corrected chi connectivity index (χ0v) is 18.2. The van der Waals surface area contributed by atoms with Gasteiger partial charge >= 0.3 is 0 Å². The molecule has 0 aliphatic carbocycles. The Balaban J connectivity index is 1.36. The highest BCUT2D eigenvalue weighted by molar-refractivity contribution is 14.1. The molecule has 0 atom stereocenters. The number of halogens is 1. The number of hydrogen-bond donors (Lipinski definition) is 1. The second-order valence-electron chi connectivity index (χ2n) is 6.83. The predicted octanol–water partition coefficient (Wildman–Crippen LogP) is 3.49. The minimum absolute atomic E-state index is 0.0888. The maximum atomic E-state index is 12.8. The summed E-state index contributed by atoms with van der Waals surface area (Å²) in [5.41, 5.74) is 1.71. The molecule has 1 fully saturated rings. The molecule has 3 aromatic rings. The van der Waals surface area contributed by atoms with Crippen LogP contribution >= 0.6 is 22.6 Å². The van der Waals surface area contributed by atoms with Crippen LogP contribution in [0.2, 0.25) is 0 Å². The topological polar surface area (TPSA) is 74.2 Å². The van der Waals surface area contributed by atoms with Gasteiger partial charge in [-0.1, -0.05) is 18.2 Å². The first kappa shape index (κ1) is 19.6. The number of hydrogen-bond acceptors (Lipinski definition) is 6. The van der Waals surface area contributed by atoms with E-state index in [-0.39, 0.29) is 5.91 Å². The van der Waals surface area contributed by atoms with Gasteiger partial charge < -0.3 is 15.1 Å². The first-order valence-electron chi connectivity index (χ1n) is 9.43. The van der Waals surface area contributed by atoms with Gasteiger partial charge in [0.1, 0.15) is 5.82 Å². The molecule has 148 valence electrons. The van der Waals surface area contributed by atoms with E-state index in [2.05, 4.69) is 48.0 Å². The largest absolute Gasteiger partial charge is 0.352 e. The van der Waals surface area contributed by atoms with Gasteiger partial charge in [-0.25, -0.2) is 4.98 Å². The maximum absolute atomic E-state index is 12.8. The number of benzene rings is 1. The van der Waals surface area contributed by atoms with Crippen LogP contribution < -0.4 is 10.2 Å². The van der Waals surface area contributed by atoms with Crippen molar-refractivity contribution in [2.45, 2.75) is 6.92 Å². The van der Waals surface area contributed by atoms with Crippen molar-refractivity contribution in [2.24, 2.45) is 0 Å². The average molecular weight is 500 g/mol. The normalized spacial score (nSPS) is 14.0. The molecule has 0 unspecified atom stereocenters. The number of aromatic nitrogens is 3. The molecule has 0 saturated carbocycles. The van der Waals surface area contributed by atoms with E-state index in [1.807, 2.05) is 66.4 Å². The Hall–Kier alpha value is -2.75. The van der Waals surface area contributed by atoms with E-state index in [0.29, 0.717) is 18.9 Å².